The van der Waals surface area contributed by atoms with Gasteiger partial charge in [0.1, 0.15) is 0 Å². The van der Waals surface area contributed by atoms with Gasteiger partial charge in [-0.2, -0.15) is 0 Å². The van der Waals surface area contributed by atoms with E-state index >= 15 is 0 Å². The Morgan fingerprint density at radius 1 is 0.303 bits per heavy atom. The van der Waals surface area contributed by atoms with Crippen LogP contribution in [0.5, 0.6) is 0 Å². The van der Waals surface area contributed by atoms with Crippen molar-refractivity contribution in [1.29, 1.82) is 0 Å². The Kier molecular flexibility index (Phi) is 31.9. The first kappa shape index (κ1) is 36.1. The van der Waals surface area contributed by atoms with Gasteiger partial charge < -0.3 is 17.0 Å². The SMILES string of the molecule is CCCCCCCCCC[P+](C)(CCCCCCCCCC)CCCCCCCCCC.[Br-]. The number of unbranched alkanes of at least 4 members (excludes halogenated alkanes) is 21. The van der Waals surface area contributed by atoms with E-state index in [1.165, 1.54) is 154 Å². The average molecular weight is 550 g/mol. The van der Waals surface area contributed by atoms with Gasteiger partial charge in [0.25, 0.3) is 0 Å². The maximum atomic E-state index is 2.76. The molecule has 0 nitrogen and oxygen atoms in total. The summed E-state index contributed by atoms with van der Waals surface area (Å²) in [6, 6.07) is 0. The zero-order valence-corrected chi connectivity index (χ0v) is 26.4. The fraction of sp³-hybridized carbons (Fsp3) is 1.00. The molecule has 0 aromatic rings. The summed E-state index contributed by atoms with van der Waals surface area (Å²) in [7, 11) is -0.668. The number of hydrogen-bond donors (Lipinski definition) is 0. The quantitative estimate of drug-likeness (QED) is 0.0708. The van der Waals surface area contributed by atoms with Crippen LogP contribution < -0.4 is 17.0 Å². The van der Waals surface area contributed by atoms with Gasteiger partial charge in [-0.05, 0) is 38.5 Å². The average Bonchev–Trinajstić information content (AvgIpc) is 2.79. The third-order valence-corrected chi connectivity index (χ3v) is 11.8. The molecule has 0 saturated heterocycles. The highest BCUT2D eigenvalue weighted by Gasteiger charge is 2.29. The second-order valence-electron chi connectivity index (χ2n) is 11.2. The molecule has 0 atom stereocenters. The van der Waals surface area contributed by atoms with E-state index in [-0.39, 0.29) is 17.0 Å². The minimum Gasteiger partial charge on any atom is -1.00 e. The van der Waals surface area contributed by atoms with Crippen LogP contribution in [0.25, 0.3) is 0 Å². The molecule has 0 spiro atoms. The van der Waals surface area contributed by atoms with Crippen LogP contribution in [0, 0.1) is 0 Å². The minimum absolute atomic E-state index is 0. The summed E-state index contributed by atoms with van der Waals surface area (Å²) in [6.07, 6.45) is 40.2. The van der Waals surface area contributed by atoms with E-state index in [0.29, 0.717) is 0 Å². The van der Waals surface area contributed by atoms with E-state index in [4.69, 9.17) is 0 Å². The number of halogens is 1. The normalized spacial score (nSPS) is 11.6. The predicted molar refractivity (Wildman–Crippen MR) is 155 cm³/mol. The van der Waals surface area contributed by atoms with E-state index < -0.39 is 7.26 Å². The van der Waals surface area contributed by atoms with Gasteiger partial charge >= 0.3 is 0 Å². The Morgan fingerprint density at radius 2 is 0.485 bits per heavy atom. The van der Waals surface area contributed by atoms with Gasteiger partial charge in [-0.15, -0.1) is 0 Å². The highest BCUT2D eigenvalue weighted by molar-refractivity contribution is 7.75. The molecular formula is C31H66BrP. The summed E-state index contributed by atoms with van der Waals surface area (Å²) in [5, 5.41) is 0. The summed E-state index contributed by atoms with van der Waals surface area (Å²) in [6.45, 7) is 9.73. The van der Waals surface area contributed by atoms with Crippen LogP contribution in [0.4, 0.5) is 0 Å². The van der Waals surface area contributed by atoms with Crippen LogP contribution in [-0.4, -0.2) is 25.2 Å². The molecule has 0 radical (unpaired) electrons. The lowest BCUT2D eigenvalue weighted by molar-refractivity contribution is -0.00000736. The van der Waals surface area contributed by atoms with Gasteiger partial charge in [0, 0.05) is 13.9 Å². The Bertz CT molecular complexity index is 294. The Hall–Kier alpha value is 0.910. The smallest absolute Gasteiger partial charge is 0.0591 e. The maximum absolute atomic E-state index is 2.76. The van der Waals surface area contributed by atoms with Crippen LogP contribution in [0.3, 0.4) is 0 Å². The molecular weight excluding hydrogens is 483 g/mol. The summed E-state index contributed by atoms with van der Waals surface area (Å²) in [5.74, 6) is 0. The van der Waals surface area contributed by atoms with Crippen molar-refractivity contribution in [3.63, 3.8) is 0 Å². The van der Waals surface area contributed by atoms with Crippen molar-refractivity contribution in [3.8, 4) is 0 Å². The highest BCUT2D eigenvalue weighted by atomic mass is 79.9. The topological polar surface area (TPSA) is 0 Å². The molecule has 0 aliphatic rings. The zero-order valence-electron chi connectivity index (χ0n) is 23.9. The molecule has 0 unspecified atom stereocenters. The van der Waals surface area contributed by atoms with Crippen LogP contribution in [0.15, 0.2) is 0 Å². The Balaban J connectivity index is 0. The summed E-state index contributed by atoms with van der Waals surface area (Å²) < 4.78 is 0. The first-order valence-corrected chi connectivity index (χ1v) is 18.3. The van der Waals surface area contributed by atoms with Gasteiger partial charge in [-0.25, -0.2) is 0 Å². The molecule has 0 fully saturated rings. The van der Waals surface area contributed by atoms with E-state index in [9.17, 15) is 0 Å². The molecule has 0 saturated carbocycles. The molecule has 202 valence electrons. The monoisotopic (exact) mass is 548 g/mol. The molecule has 0 bridgehead atoms. The molecule has 0 rings (SSSR count). The lowest BCUT2D eigenvalue weighted by atomic mass is 10.1. The third-order valence-electron chi connectivity index (χ3n) is 7.65. The van der Waals surface area contributed by atoms with Crippen molar-refractivity contribution in [2.24, 2.45) is 0 Å². The Labute approximate surface area is 223 Å². The minimum atomic E-state index is -0.668. The molecule has 0 aromatic heterocycles. The molecule has 0 aliphatic carbocycles. The molecule has 0 aromatic carbocycles. The molecule has 33 heavy (non-hydrogen) atoms. The van der Waals surface area contributed by atoms with Crippen LogP contribution in [0.1, 0.15) is 175 Å². The summed E-state index contributed by atoms with van der Waals surface area (Å²) >= 11 is 0. The highest BCUT2D eigenvalue weighted by Crippen LogP contribution is 2.57. The molecule has 0 N–H and O–H groups in total. The van der Waals surface area contributed by atoms with Crippen molar-refractivity contribution < 1.29 is 17.0 Å². The predicted octanol–water partition coefficient (Wildman–Crippen LogP) is 9.06. The largest absolute Gasteiger partial charge is 1.00 e. The van der Waals surface area contributed by atoms with E-state index in [2.05, 4.69) is 27.4 Å². The third kappa shape index (κ3) is 27.3. The summed E-state index contributed by atoms with van der Waals surface area (Å²) in [5.41, 5.74) is 0. The number of hydrogen-bond acceptors (Lipinski definition) is 0. The molecule has 0 amide bonds. The Morgan fingerprint density at radius 3 is 0.697 bits per heavy atom. The van der Waals surface area contributed by atoms with Gasteiger partial charge in [0.05, 0.1) is 18.5 Å². The second kappa shape index (κ2) is 29.1. The lowest BCUT2D eigenvalue weighted by Crippen LogP contribution is -3.00. The van der Waals surface area contributed by atoms with Crippen molar-refractivity contribution in [1.82, 2.24) is 0 Å². The van der Waals surface area contributed by atoms with Gasteiger partial charge in [0.15, 0.2) is 0 Å². The maximum Gasteiger partial charge on any atom is 0.0591 e. The standard InChI is InChI=1S/C31H66P.BrH/c1-5-8-11-14-17-20-23-26-29-32(4,30-27-24-21-18-15-12-9-6-2)31-28-25-22-19-16-13-10-7-3;/h5-31H2,1-4H3;1H/q+1;/p-1. The van der Waals surface area contributed by atoms with Crippen LogP contribution in [-0.2, 0) is 0 Å². The van der Waals surface area contributed by atoms with Crippen molar-refractivity contribution in [3.05, 3.63) is 0 Å². The van der Waals surface area contributed by atoms with E-state index in [1.54, 1.807) is 18.5 Å². The molecule has 0 aliphatic heterocycles. The van der Waals surface area contributed by atoms with Gasteiger partial charge in [-0.1, -0.05) is 136 Å². The second-order valence-corrected chi connectivity index (χ2v) is 15.8. The lowest BCUT2D eigenvalue weighted by Gasteiger charge is -2.24. The van der Waals surface area contributed by atoms with Gasteiger partial charge in [-0.3, -0.25) is 0 Å². The van der Waals surface area contributed by atoms with Crippen LogP contribution in [0.2, 0.25) is 0 Å². The van der Waals surface area contributed by atoms with Crippen molar-refractivity contribution in [2.45, 2.75) is 175 Å². The van der Waals surface area contributed by atoms with Gasteiger partial charge in [0.2, 0.25) is 0 Å². The van der Waals surface area contributed by atoms with Crippen molar-refractivity contribution >= 4 is 7.26 Å². The first-order chi connectivity index (χ1) is 15.7. The zero-order chi connectivity index (χ0) is 23.6. The first-order valence-electron chi connectivity index (χ1n) is 15.5. The fourth-order valence-corrected chi connectivity index (χ4v) is 8.85. The van der Waals surface area contributed by atoms with E-state index in [0.717, 1.165) is 0 Å². The number of rotatable bonds is 27. The fourth-order valence-electron chi connectivity index (χ4n) is 5.22. The summed E-state index contributed by atoms with van der Waals surface area (Å²) in [4.78, 5) is 0. The van der Waals surface area contributed by atoms with Crippen LogP contribution >= 0.6 is 7.26 Å². The van der Waals surface area contributed by atoms with Crippen molar-refractivity contribution in [2.75, 3.05) is 25.2 Å². The molecule has 2 heteroatoms. The van der Waals surface area contributed by atoms with E-state index in [1.807, 2.05) is 0 Å². The molecule has 0 heterocycles.